The van der Waals surface area contributed by atoms with Gasteiger partial charge in [0.2, 0.25) is 5.91 Å². The molecule has 6 nitrogen and oxygen atoms in total. The Hall–Kier alpha value is -1.30. The highest BCUT2D eigenvalue weighted by Gasteiger charge is 2.38. The van der Waals surface area contributed by atoms with Crippen LogP contribution in [0.1, 0.15) is 48.0 Å². The molecule has 0 radical (unpaired) electrons. The van der Waals surface area contributed by atoms with Gasteiger partial charge in [-0.1, -0.05) is 20.8 Å². The Balaban J connectivity index is 2.77. The number of rotatable bonds is 2. The quantitative estimate of drug-likeness (QED) is 0.810. The lowest BCUT2D eigenvalue weighted by Crippen LogP contribution is -2.55. The Morgan fingerprint density at radius 1 is 1.24 bits per heavy atom. The number of aliphatic hydroxyl groups is 1. The zero-order valence-electron chi connectivity index (χ0n) is 13.9. The fourth-order valence-corrected chi connectivity index (χ4v) is 2.20. The topological polar surface area (TPSA) is 78.9 Å². The number of carbonyl (C=O) groups excluding carboxylic acids is 2. The number of alkyl carbamates (subject to hydrolysis) is 1. The molecule has 2 N–H and O–H groups in total. The number of hydrogen-bond donors (Lipinski definition) is 2. The Morgan fingerprint density at radius 3 is 2.19 bits per heavy atom. The molecule has 0 aromatic carbocycles. The van der Waals surface area contributed by atoms with Gasteiger partial charge in [-0.05, 0) is 32.6 Å². The summed E-state index contributed by atoms with van der Waals surface area (Å²) < 4.78 is 5.23. The SMILES string of the molecule is CC(C)(C)OC(=O)N[C@H](C(=O)N1CC[C@@H](O)C1)C(C)(C)C. The van der Waals surface area contributed by atoms with Crippen molar-refractivity contribution in [2.75, 3.05) is 13.1 Å². The molecule has 0 unspecified atom stereocenters. The minimum absolute atomic E-state index is 0.176. The van der Waals surface area contributed by atoms with Crippen LogP contribution in [0.4, 0.5) is 4.79 Å². The van der Waals surface area contributed by atoms with Gasteiger partial charge in [0.25, 0.3) is 0 Å². The normalized spacial score (nSPS) is 21.1. The Kier molecular flexibility index (Phi) is 5.25. The number of carbonyl (C=O) groups is 2. The minimum Gasteiger partial charge on any atom is -0.444 e. The fourth-order valence-electron chi connectivity index (χ4n) is 2.20. The zero-order chi connectivity index (χ0) is 16.4. The lowest BCUT2D eigenvalue weighted by Gasteiger charge is -2.34. The Bertz CT molecular complexity index is 395. The molecule has 1 aliphatic heterocycles. The predicted molar refractivity (Wildman–Crippen MR) is 79.8 cm³/mol. The molecule has 21 heavy (non-hydrogen) atoms. The van der Waals surface area contributed by atoms with Gasteiger partial charge in [-0.25, -0.2) is 4.79 Å². The number of aliphatic hydroxyl groups excluding tert-OH is 1. The van der Waals surface area contributed by atoms with Gasteiger partial charge < -0.3 is 20.1 Å². The number of β-amino-alcohol motifs (C(OH)–C–C–N with tert-alkyl or cyclic N) is 1. The number of ether oxygens (including phenoxy) is 1. The third kappa shape index (κ3) is 5.53. The smallest absolute Gasteiger partial charge is 0.408 e. The van der Waals surface area contributed by atoms with E-state index in [1.165, 1.54) is 0 Å². The molecule has 0 spiro atoms. The first-order valence-electron chi connectivity index (χ1n) is 7.36. The van der Waals surface area contributed by atoms with Crippen molar-refractivity contribution >= 4 is 12.0 Å². The van der Waals surface area contributed by atoms with Gasteiger partial charge in [0, 0.05) is 13.1 Å². The van der Waals surface area contributed by atoms with E-state index in [1.54, 1.807) is 25.7 Å². The summed E-state index contributed by atoms with van der Waals surface area (Å²) in [7, 11) is 0. The molecule has 6 heteroatoms. The third-order valence-corrected chi connectivity index (χ3v) is 3.25. The van der Waals surface area contributed by atoms with Crippen LogP contribution >= 0.6 is 0 Å². The van der Waals surface area contributed by atoms with Crippen LogP contribution in [0, 0.1) is 5.41 Å². The van der Waals surface area contributed by atoms with E-state index < -0.39 is 29.3 Å². The van der Waals surface area contributed by atoms with E-state index >= 15 is 0 Å². The van der Waals surface area contributed by atoms with Gasteiger partial charge >= 0.3 is 6.09 Å². The molecule has 2 amide bonds. The molecule has 1 heterocycles. The van der Waals surface area contributed by atoms with Gasteiger partial charge in [-0.2, -0.15) is 0 Å². The summed E-state index contributed by atoms with van der Waals surface area (Å²) in [5.41, 5.74) is -1.05. The Morgan fingerprint density at radius 2 is 1.81 bits per heavy atom. The van der Waals surface area contributed by atoms with E-state index in [-0.39, 0.29) is 5.91 Å². The third-order valence-electron chi connectivity index (χ3n) is 3.25. The van der Waals surface area contributed by atoms with E-state index in [1.807, 2.05) is 20.8 Å². The molecule has 1 aliphatic rings. The average Bonchev–Trinajstić information content (AvgIpc) is 2.68. The van der Waals surface area contributed by atoms with E-state index in [0.29, 0.717) is 19.5 Å². The average molecular weight is 300 g/mol. The molecule has 1 rings (SSSR count). The van der Waals surface area contributed by atoms with E-state index in [9.17, 15) is 14.7 Å². The largest absolute Gasteiger partial charge is 0.444 e. The second kappa shape index (κ2) is 6.22. The summed E-state index contributed by atoms with van der Waals surface area (Å²) >= 11 is 0. The lowest BCUT2D eigenvalue weighted by molar-refractivity contribution is -0.135. The molecule has 0 aliphatic carbocycles. The number of amides is 2. The van der Waals surface area contributed by atoms with Crippen molar-refractivity contribution in [3.05, 3.63) is 0 Å². The zero-order valence-corrected chi connectivity index (χ0v) is 13.9. The van der Waals surface area contributed by atoms with Crippen molar-refractivity contribution in [1.82, 2.24) is 10.2 Å². The highest BCUT2D eigenvalue weighted by Crippen LogP contribution is 2.23. The summed E-state index contributed by atoms with van der Waals surface area (Å²) in [4.78, 5) is 26.1. The maximum atomic E-state index is 12.6. The van der Waals surface area contributed by atoms with Crippen molar-refractivity contribution in [2.24, 2.45) is 5.41 Å². The minimum atomic E-state index is -0.683. The van der Waals surface area contributed by atoms with Crippen LogP contribution in [-0.2, 0) is 9.53 Å². The van der Waals surface area contributed by atoms with Crippen molar-refractivity contribution in [3.63, 3.8) is 0 Å². The van der Waals surface area contributed by atoms with E-state index in [0.717, 1.165) is 0 Å². The number of nitrogens with one attached hydrogen (secondary N) is 1. The van der Waals surface area contributed by atoms with Crippen LogP contribution in [0.25, 0.3) is 0 Å². The standard InChI is InChI=1S/C15H28N2O4/c1-14(2,3)11(16-13(20)21-15(4,5)6)12(19)17-8-7-10(18)9-17/h10-11,18H,7-9H2,1-6H3,(H,16,20)/t10-,11-/m1/s1. The van der Waals surface area contributed by atoms with Crippen LogP contribution in [0.3, 0.4) is 0 Å². The number of nitrogens with zero attached hydrogens (tertiary/aromatic N) is 1. The van der Waals surface area contributed by atoms with Crippen LogP contribution in [0.15, 0.2) is 0 Å². The van der Waals surface area contributed by atoms with Crippen LogP contribution in [0.5, 0.6) is 0 Å². The first-order chi connectivity index (χ1) is 9.40. The molecule has 2 atom stereocenters. The summed E-state index contributed by atoms with van der Waals surface area (Å²) in [6.07, 6.45) is -0.499. The maximum Gasteiger partial charge on any atom is 0.408 e. The van der Waals surface area contributed by atoms with Gasteiger partial charge in [0.05, 0.1) is 6.10 Å². The molecule has 0 bridgehead atoms. The summed E-state index contributed by atoms with van der Waals surface area (Å²) in [6, 6.07) is -0.683. The van der Waals surface area contributed by atoms with Crippen LogP contribution < -0.4 is 5.32 Å². The van der Waals surface area contributed by atoms with Crippen molar-refractivity contribution in [1.29, 1.82) is 0 Å². The molecule has 0 aromatic heterocycles. The lowest BCUT2D eigenvalue weighted by atomic mass is 9.86. The summed E-state index contributed by atoms with van der Waals surface area (Å²) in [5.74, 6) is -0.176. The molecule has 0 aromatic rings. The number of likely N-dealkylation sites (tertiary alicyclic amines) is 1. The van der Waals surface area contributed by atoms with Crippen molar-refractivity contribution in [2.45, 2.75) is 65.7 Å². The summed E-state index contributed by atoms with van der Waals surface area (Å²) in [5, 5.41) is 12.2. The van der Waals surface area contributed by atoms with Gasteiger partial charge in [-0.15, -0.1) is 0 Å². The van der Waals surface area contributed by atoms with Crippen molar-refractivity contribution < 1.29 is 19.4 Å². The second-order valence-electron chi connectivity index (χ2n) is 7.67. The fraction of sp³-hybridized carbons (Fsp3) is 0.867. The molecule has 0 saturated carbocycles. The molecular formula is C15H28N2O4. The van der Waals surface area contributed by atoms with Gasteiger partial charge in [0.15, 0.2) is 0 Å². The molecular weight excluding hydrogens is 272 g/mol. The number of hydrogen-bond acceptors (Lipinski definition) is 4. The second-order valence-corrected chi connectivity index (χ2v) is 7.67. The Labute approximate surface area is 126 Å². The maximum absolute atomic E-state index is 12.6. The first-order valence-corrected chi connectivity index (χ1v) is 7.36. The molecule has 122 valence electrons. The van der Waals surface area contributed by atoms with Crippen LogP contribution in [0.2, 0.25) is 0 Å². The van der Waals surface area contributed by atoms with E-state index in [4.69, 9.17) is 4.74 Å². The summed E-state index contributed by atoms with van der Waals surface area (Å²) in [6.45, 7) is 11.8. The highest BCUT2D eigenvalue weighted by atomic mass is 16.6. The predicted octanol–water partition coefficient (Wildman–Crippen LogP) is 1.52. The van der Waals surface area contributed by atoms with Gasteiger partial charge in [0.1, 0.15) is 11.6 Å². The monoisotopic (exact) mass is 300 g/mol. The van der Waals surface area contributed by atoms with Crippen molar-refractivity contribution in [3.8, 4) is 0 Å². The van der Waals surface area contributed by atoms with E-state index in [2.05, 4.69) is 5.32 Å². The van der Waals surface area contributed by atoms with Gasteiger partial charge in [-0.3, -0.25) is 4.79 Å². The first kappa shape index (κ1) is 17.8. The van der Waals surface area contributed by atoms with Crippen LogP contribution in [-0.4, -0.2) is 52.8 Å². The highest BCUT2D eigenvalue weighted by molar-refractivity contribution is 5.86. The molecule has 1 fully saturated rings. The molecule has 1 saturated heterocycles.